The molecule has 1 unspecified atom stereocenters. The van der Waals surface area contributed by atoms with Crippen LogP contribution in [0.2, 0.25) is 5.15 Å². The molecule has 0 radical (unpaired) electrons. The minimum atomic E-state index is 0.317. The number of halogens is 1. The SMILES string of the molecule is Cc1c(Cl)nnc(NC(C)Cc2cccs2)c1C. The number of anilines is 1. The summed E-state index contributed by atoms with van der Waals surface area (Å²) in [5.74, 6) is 0.820. The molecular weight excluding hydrogens is 266 g/mol. The van der Waals surface area contributed by atoms with Crippen molar-refractivity contribution in [3.63, 3.8) is 0 Å². The van der Waals surface area contributed by atoms with Crippen molar-refractivity contribution in [3.05, 3.63) is 38.7 Å². The molecular formula is C13H16ClN3S. The quantitative estimate of drug-likeness (QED) is 0.925. The van der Waals surface area contributed by atoms with Crippen LogP contribution in [0.5, 0.6) is 0 Å². The summed E-state index contributed by atoms with van der Waals surface area (Å²) in [6.45, 7) is 6.11. The van der Waals surface area contributed by atoms with Crippen LogP contribution in [-0.2, 0) is 6.42 Å². The van der Waals surface area contributed by atoms with Crippen LogP contribution in [-0.4, -0.2) is 16.2 Å². The molecule has 3 nitrogen and oxygen atoms in total. The van der Waals surface area contributed by atoms with Gasteiger partial charge in [-0.2, -0.15) is 0 Å². The van der Waals surface area contributed by atoms with Crippen LogP contribution >= 0.6 is 22.9 Å². The van der Waals surface area contributed by atoms with Gasteiger partial charge in [0.2, 0.25) is 0 Å². The van der Waals surface area contributed by atoms with E-state index < -0.39 is 0 Å². The van der Waals surface area contributed by atoms with Gasteiger partial charge < -0.3 is 5.32 Å². The normalized spacial score (nSPS) is 12.4. The van der Waals surface area contributed by atoms with Crippen LogP contribution in [0.25, 0.3) is 0 Å². The molecule has 0 amide bonds. The average Bonchev–Trinajstić information content (AvgIpc) is 2.83. The predicted molar refractivity (Wildman–Crippen MR) is 77.6 cm³/mol. The Kier molecular flexibility index (Phi) is 4.19. The van der Waals surface area contributed by atoms with E-state index in [0.717, 1.165) is 23.4 Å². The van der Waals surface area contributed by atoms with E-state index in [1.807, 2.05) is 13.8 Å². The van der Waals surface area contributed by atoms with Crippen LogP contribution in [0, 0.1) is 13.8 Å². The van der Waals surface area contributed by atoms with Crippen LogP contribution in [0.15, 0.2) is 17.5 Å². The van der Waals surface area contributed by atoms with Crippen molar-refractivity contribution in [2.75, 3.05) is 5.32 Å². The van der Waals surface area contributed by atoms with Crippen LogP contribution in [0.3, 0.4) is 0 Å². The van der Waals surface area contributed by atoms with Gasteiger partial charge in [0.05, 0.1) is 0 Å². The topological polar surface area (TPSA) is 37.8 Å². The van der Waals surface area contributed by atoms with Gasteiger partial charge in [-0.25, -0.2) is 0 Å². The maximum Gasteiger partial charge on any atom is 0.155 e. The number of thiophene rings is 1. The Bertz CT molecular complexity index is 525. The zero-order valence-corrected chi connectivity index (χ0v) is 12.3. The molecule has 0 aliphatic heterocycles. The van der Waals surface area contributed by atoms with Crippen molar-refractivity contribution in [2.45, 2.75) is 33.2 Å². The van der Waals surface area contributed by atoms with Gasteiger partial charge in [-0.15, -0.1) is 21.5 Å². The summed E-state index contributed by atoms with van der Waals surface area (Å²) < 4.78 is 0. The lowest BCUT2D eigenvalue weighted by Crippen LogP contribution is -2.19. The Balaban J connectivity index is 2.07. The fourth-order valence-electron chi connectivity index (χ4n) is 1.73. The van der Waals surface area contributed by atoms with Gasteiger partial charge in [0, 0.05) is 17.3 Å². The molecule has 0 aliphatic carbocycles. The second-order valence-corrected chi connectivity index (χ2v) is 5.81. The first-order valence-electron chi connectivity index (χ1n) is 5.86. The lowest BCUT2D eigenvalue weighted by molar-refractivity contribution is 0.785. The van der Waals surface area contributed by atoms with Gasteiger partial charge in [0.25, 0.3) is 0 Å². The largest absolute Gasteiger partial charge is 0.366 e. The Morgan fingerprint density at radius 3 is 2.78 bits per heavy atom. The first-order valence-corrected chi connectivity index (χ1v) is 7.12. The molecule has 18 heavy (non-hydrogen) atoms. The second-order valence-electron chi connectivity index (χ2n) is 4.42. The molecule has 1 atom stereocenters. The number of hydrogen-bond acceptors (Lipinski definition) is 4. The van der Waals surface area contributed by atoms with Crippen LogP contribution in [0.1, 0.15) is 22.9 Å². The molecule has 2 aromatic rings. The molecule has 0 fully saturated rings. The Morgan fingerprint density at radius 1 is 1.33 bits per heavy atom. The molecule has 0 saturated heterocycles. The van der Waals surface area contributed by atoms with Crippen molar-refractivity contribution >= 4 is 28.8 Å². The van der Waals surface area contributed by atoms with Gasteiger partial charge in [0.15, 0.2) is 11.0 Å². The van der Waals surface area contributed by atoms with E-state index in [4.69, 9.17) is 11.6 Å². The highest BCUT2D eigenvalue weighted by Gasteiger charge is 2.11. The smallest absolute Gasteiger partial charge is 0.155 e. The standard InChI is InChI=1S/C13H16ClN3S/c1-8(7-11-5-4-6-18-11)15-13-10(3)9(2)12(14)16-17-13/h4-6,8H,7H2,1-3H3,(H,15,17). The summed E-state index contributed by atoms with van der Waals surface area (Å²) in [7, 11) is 0. The highest BCUT2D eigenvalue weighted by Crippen LogP contribution is 2.22. The zero-order valence-electron chi connectivity index (χ0n) is 10.7. The van der Waals surface area contributed by atoms with E-state index in [2.05, 4.69) is 40.0 Å². The third-order valence-corrected chi connectivity index (χ3v) is 4.19. The summed E-state index contributed by atoms with van der Waals surface area (Å²) in [5.41, 5.74) is 2.05. The highest BCUT2D eigenvalue weighted by molar-refractivity contribution is 7.09. The third-order valence-electron chi connectivity index (χ3n) is 2.94. The first kappa shape index (κ1) is 13.3. The minimum absolute atomic E-state index is 0.317. The minimum Gasteiger partial charge on any atom is -0.366 e. The molecule has 0 saturated carbocycles. The fourth-order valence-corrected chi connectivity index (χ4v) is 2.74. The molecule has 5 heteroatoms. The number of rotatable bonds is 4. The van der Waals surface area contributed by atoms with E-state index in [1.54, 1.807) is 11.3 Å². The number of aromatic nitrogens is 2. The fraction of sp³-hybridized carbons (Fsp3) is 0.385. The van der Waals surface area contributed by atoms with Crippen molar-refractivity contribution in [1.82, 2.24) is 10.2 Å². The van der Waals surface area contributed by atoms with E-state index in [0.29, 0.717) is 11.2 Å². The molecule has 1 N–H and O–H groups in total. The first-order chi connectivity index (χ1) is 8.58. The zero-order chi connectivity index (χ0) is 13.1. The lowest BCUT2D eigenvalue weighted by Gasteiger charge is -2.16. The summed E-state index contributed by atoms with van der Waals surface area (Å²) in [6.07, 6.45) is 0.987. The second kappa shape index (κ2) is 5.67. The van der Waals surface area contributed by atoms with E-state index in [1.165, 1.54) is 4.88 Å². The van der Waals surface area contributed by atoms with Gasteiger partial charge >= 0.3 is 0 Å². The molecule has 2 aromatic heterocycles. The molecule has 0 aliphatic rings. The van der Waals surface area contributed by atoms with Crippen molar-refractivity contribution in [3.8, 4) is 0 Å². The van der Waals surface area contributed by atoms with Gasteiger partial charge in [0.1, 0.15) is 0 Å². The van der Waals surface area contributed by atoms with Gasteiger partial charge in [-0.05, 0) is 43.3 Å². The number of nitrogens with one attached hydrogen (secondary N) is 1. The van der Waals surface area contributed by atoms with E-state index in [-0.39, 0.29) is 0 Å². The van der Waals surface area contributed by atoms with Crippen LogP contribution in [0.4, 0.5) is 5.82 Å². The van der Waals surface area contributed by atoms with E-state index >= 15 is 0 Å². The average molecular weight is 282 g/mol. The molecule has 96 valence electrons. The number of nitrogens with zero attached hydrogens (tertiary/aromatic N) is 2. The lowest BCUT2D eigenvalue weighted by atomic mass is 10.1. The maximum absolute atomic E-state index is 5.94. The molecule has 0 spiro atoms. The Labute approximate surface area is 116 Å². The summed E-state index contributed by atoms with van der Waals surface area (Å²) >= 11 is 7.71. The van der Waals surface area contributed by atoms with Crippen LogP contribution < -0.4 is 5.32 Å². The van der Waals surface area contributed by atoms with E-state index in [9.17, 15) is 0 Å². The third kappa shape index (κ3) is 3.00. The molecule has 2 rings (SSSR count). The summed E-state index contributed by atoms with van der Waals surface area (Å²) in [4.78, 5) is 1.37. The van der Waals surface area contributed by atoms with Gasteiger partial charge in [-0.3, -0.25) is 0 Å². The van der Waals surface area contributed by atoms with Crippen molar-refractivity contribution in [2.24, 2.45) is 0 Å². The highest BCUT2D eigenvalue weighted by atomic mass is 35.5. The summed E-state index contributed by atoms with van der Waals surface area (Å²) in [5, 5.41) is 14.0. The van der Waals surface area contributed by atoms with Gasteiger partial charge in [-0.1, -0.05) is 17.7 Å². The molecule has 2 heterocycles. The monoisotopic (exact) mass is 281 g/mol. The summed E-state index contributed by atoms with van der Waals surface area (Å²) in [6, 6.07) is 4.54. The van der Waals surface area contributed by atoms with Crippen molar-refractivity contribution < 1.29 is 0 Å². The Hall–Kier alpha value is -1.13. The number of hydrogen-bond donors (Lipinski definition) is 1. The Morgan fingerprint density at radius 2 is 2.11 bits per heavy atom. The maximum atomic E-state index is 5.94. The van der Waals surface area contributed by atoms with Crippen molar-refractivity contribution in [1.29, 1.82) is 0 Å². The molecule has 0 bridgehead atoms. The molecule has 0 aromatic carbocycles. The predicted octanol–water partition coefficient (Wildman–Crippen LogP) is 3.85.